The van der Waals surface area contributed by atoms with E-state index in [1.807, 2.05) is 6.07 Å². The Balaban J connectivity index is 3.07. The zero-order chi connectivity index (χ0) is 16.8. The second kappa shape index (κ2) is 8.33. The maximum Gasteiger partial charge on any atom is 0.194 e. The monoisotopic (exact) mass is 380 g/mol. The third kappa shape index (κ3) is 5.57. The van der Waals surface area contributed by atoms with Crippen LogP contribution in [-0.4, -0.2) is 8.32 Å². The third-order valence-corrected chi connectivity index (χ3v) is 9.45. The molecule has 0 aromatic heterocycles. The smallest absolute Gasteiger partial charge is 0.194 e. The summed E-state index contributed by atoms with van der Waals surface area (Å²) in [5.41, 5.74) is 1.14. The molecule has 1 aromatic carbocycles. The Bertz CT molecular complexity index is 534. The molecule has 0 aliphatic carbocycles. The summed E-state index contributed by atoms with van der Waals surface area (Å²) in [5, 5.41) is 0.178. The Labute approximate surface area is 146 Å². The summed E-state index contributed by atoms with van der Waals surface area (Å²) in [5.74, 6) is 6.68. The minimum absolute atomic E-state index is 0.145. The van der Waals surface area contributed by atoms with Gasteiger partial charge in [0, 0.05) is 16.5 Å². The molecule has 1 aromatic rings. The molecule has 1 rings (SSSR count). The SMILES string of the molecule is CCCCC#CC(O[Si](C)(C)C(C)(C)C)c1ccccc1Br. The van der Waals surface area contributed by atoms with Gasteiger partial charge in [0.2, 0.25) is 0 Å². The number of unbranched alkanes of at least 4 members (excludes halogenated alkanes) is 2. The molecule has 1 nitrogen and oxygen atoms in total. The summed E-state index contributed by atoms with van der Waals surface area (Å²) in [4.78, 5) is 0. The van der Waals surface area contributed by atoms with Crippen LogP contribution < -0.4 is 0 Å². The minimum atomic E-state index is -1.87. The summed E-state index contributed by atoms with van der Waals surface area (Å²) < 4.78 is 7.66. The van der Waals surface area contributed by atoms with E-state index in [9.17, 15) is 0 Å². The molecule has 0 aliphatic rings. The first-order valence-corrected chi connectivity index (χ1v) is 11.8. The van der Waals surface area contributed by atoms with Gasteiger partial charge >= 0.3 is 0 Å². The molecule has 0 saturated carbocycles. The number of hydrogen-bond donors (Lipinski definition) is 0. The van der Waals surface area contributed by atoms with Crippen molar-refractivity contribution in [1.82, 2.24) is 0 Å². The first-order chi connectivity index (χ1) is 10.2. The minimum Gasteiger partial charge on any atom is -0.399 e. The highest BCUT2D eigenvalue weighted by Gasteiger charge is 2.39. The van der Waals surface area contributed by atoms with Crippen LogP contribution >= 0.6 is 15.9 Å². The maximum absolute atomic E-state index is 6.58. The average molecular weight is 381 g/mol. The van der Waals surface area contributed by atoms with Crippen molar-refractivity contribution in [2.45, 2.75) is 71.2 Å². The van der Waals surface area contributed by atoms with Crippen molar-refractivity contribution in [3.05, 3.63) is 34.3 Å². The molecule has 0 bridgehead atoms. The Hall–Kier alpha value is -0.563. The average Bonchev–Trinajstić information content (AvgIpc) is 2.41. The zero-order valence-corrected chi connectivity index (χ0v) is 17.4. The molecule has 0 heterocycles. The summed E-state index contributed by atoms with van der Waals surface area (Å²) in [6, 6.07) is 8.25. The van der Waals surface area contributed by atoms with Crippen LogP contribution in [0.15, 0.2) is 28.7 Å². The van der Waals surface area contributed by atoms with Crippen LogP contribution in [0.3, 0.4) is 0 Å². The van der Waals surface area contributed by atoms with E-state index in [1.54, 1.807) is 0 Å². The van der Waals surface area contributed by atoms with Crippen LogP contribution in [0.4, 0.5) is 0 Å². The fourth-order valence-electron chi connectivity index (χ4n) is 1.76. The van der Waals surface area contributed by atoms with E-state index in [0.29, 0.717) is 0 Å². The van der Waals surface area contributed by atoms with E-state index < -0.39 is 8.32 Å². The maximum atomic E-state index is 6.58. The Kier molecular flexibility index (Phi) is 7.38. The van der Waals surface area contributed by atoms with E-state index in [-0.39, 0.29) is 11.1 Å². The van der Waals surface area contributed by atoms with Crippen molar-refractivity contribution in [2.24, 2.45) is 0 Å². The zero-order valence-electron chi connectivity index (χ0n) is 14.8. The molecular weight excluding hydrogens is 352 g/mol. The Morgan fingerprint density at radius 2 is 1.86 bits per heavy atom. The van der Waals surface area contributed by atoms with Gasteiger partial charge in [0.1, 0.15) is 6.10 Å². The highest BCUT2D eigenvalue weighted by molar-refractivity contribution is 9.10. The first-order valence-electron chi connectivity index (χ1n) is 8.09. The second-order valence-electron chi connectivity index (χ2n) is 7.20. The van der Waals surface area contributed by atoms with Gasteiger partial charge in [0.15, 0.2) is 8.32 Å². The molecule has 1 unspecified atom stereocenters. The number of hydrogen-bond acceptors (Lipinski definition) is 1. The molecule has 1 atom stereocenters. The van der Waals surface area contributed by atoms with Gasteiger partial charge in [-0.25, -0.2) is 0 Å². The molecule has 0 N–H and O–H groups in total. The number of benzene rings is 1. The van der Waals surface area contributed by atoms with Crippen molar-refractivity contribution in [2.75, 3.05) is 0 Å². The summed E-state index contributed by atoms with van der Waals surface area (Å²) in [6.07, 6.45) is 3.12. The van der Waals surface area contributed by atoms with Gasteiger partial charge in [-0.1, -0.05) is 74.2 Å². The normalized spacial score (nSPS) is 13.4. The largest absolute Gasteiger partial charge is 0.399 e. The van der Waals surface area contributed by atoms with Gasteiger partial charge in [-0.05, 0) is 30.6 Å². The van der Waals surface area contributed by atoms with Crippen molar-refractivity contribution >= 4 is 24.2 Å². The predicted molar refractivity (Wildman–Crippen MR) is 102 cm³/mol. The molecule has 22 heavy (non-hydrogen) atoms. The highest BCUT2D eigenvalue weighted by Crippen LogP contribution is 2.40. The third-order valence-electron chi connectivity index (χ3n) is 4.29. The Morgan fingerprint density at radius 1 is 1.23 bits per heavy atom. The quantitative estimate of drug-likeness (QED) is 0.313. The van der Waals surface area contributed by atoms with Crippen LogP contribution in [0, 0.1) is 11.8 Å². The van der Waals surface area contributed by atoms with Gasteiger partial charge in [0.05, 0.1) is 0 Å². The molecule has 0 aliphatic heterocycles. The second-order valence-corrected chi connectivity index (χ2v) is 12.8. The molecular formula is C19H29BrOSi. The van der Waals surface area contributed by atoms with Crippen LogP contribution in [-0.2, 0) is 4.43 Å². The molecule has 0 fully saturated rings. The van der Waals surface area contributed by atoms with Gasteiger partial charge in [-0.2, -0.15) is 0 Å². The lowest BCUT2D eigenvalue weighted by molar-refractivity contribution is 0.237. The Morgan fingerprint density at radius 3 is 2.41 bits per heavy atom. The summed E-state index contributed by atoms with van der Waals surface area (Å²) in [7, 11) is -1.87. The summed E-state index contributed by atoms with van der Waals surface area (Å²) in [6.45, 7) is 13.6. The van der Waals surface area contributed by atoms with Crippen LogP contribution in [0.1, 0.15) is 58.6 Å². The van der Waals surface area contributed by atoms with E-state index in [4.69, 9.17) is 4.43 Å². The van der Waals surface area contributed by atoms with Crippen LogP contribution in [0.25, 0.3) is 0 Å². The fraction of sp³-hybridized carbons (Fsp3) is 0.579. The molecule has 0 spiro atoms. The molecule has 122 valence electrons. The van der Waals surface area contributed by atoms with E-state index in [1.165, 1.54) is 6.42 Å². The number of halogens is 1. The highest BCUT2D eigenvalue weighted by atomic mass is 79.9. The van der Waals surface area contributed by atoms with E-state index >= 15 is 0 Å². The van der Waals surface area contributed by atoms with Crippen molar-refractivity contribution in [3.63, 3.8) is 0 Å². The van der Waals surface area contributed by atoms with Gasteiger partial charge in [0.25, 0.3) is 0 Å². The predicted octanol–water partition coefficient (Wildman–Crippen LogP) is 6.71. The standard InChI is InChI=1S/C19H29BrOSi/c1-7-8-9-10-15-18(16-13-11-12-14-17(16)20)21-22(5,6)19(2,3)4/h11-14,18H,7-9H2,1-6H3. The number of rotatable bonds is 5. The van der Waals surface area contributed by atoms with Gasteiger partial charge < -0.3 is 4.43 Å². The lowest BCUT2D eigenvalue weighted by atomic mass is 10.1. The van der Waals surface area contributed by atoms with E-state index in [2.05, 4.69) is 86.8 Å². The molecule has 0 saturated heterocycles. The molecule has 3 heteroatoms. The lowest BCUT2D eigenvalue weighted by Gasteiger charge is -2.38. The molecule has 0 radical (unpaired) electrons. The van der Waals surface area contributed by atoms with Crippen molar-refractivity contribution < 1.29 is 4.43 Å². The van der Waals surface area contributed by atoms with Crippen LogP contribution in [0.5, 0.6) is 0 Å². The summed E-state index contributed by atoms with van der Waals surface area (Å²) >= 11 is 3.65. The van der Waals surface area contributed by atoms with Gasteiger partial charge in [-0.3, -0.25) is 0 Å². The van der Waals surface area contributed by atoms with E-state index in [0.717, 1.165) is 22.9 Å². The molecule has 0 amide bonds. The lowest BCUT2D eigenvalue weighted by Crippen LogP contribution is -2.41. The van der Waals surface area contributed by atoms with Crippen molar-refractivity contribution in [3.8, 4) is 11.8 Å². The first kappa shape index (κ1) is 19.5. The topological polar surface area (TPSA) is 9.23 Å². The fourth-order valence-corrected chi connectivity index (χ4v) is 3.38. The van der Waals surface area contributed by atoms with Gasteiger partial charge in [-0.15, -0.1) is 5.92 Å². The van der Waals surface area contributed by atoms with Crippen LogP contribution in [0.2, 0.25) is 18.1 Å². The van der Waals surface area contributed by atoms with Crippen molar-refractivity contribution in [1.29, 1.82) is 0 Å².